The molecule has 0 saturated carbocycles. The number of halogens is 1. The van der Waals surface area contributed by atoms with Gasteiger partial charge in [-0.2, -0.15) is 0 Å². The summed E-state index contributed by atoms with van der Waals surface area (Å²) in [4.78, 5) is 12.0. The lowest BCUT2D eigenvalue weighted by Crippen LogP contribution is -2.01. The Hall–Kier alpha value is -1.81. The van der Waals surface area contributed by atoms with Gasteiger partial charge in [0.1, 0.15) is 5.82 Å². The molecule has 2 aromatic rings. The summed E-state index contributed by atoms with van der Waals surface area (Å²) in [6.45, 7) is 2.02. The van der Waals surface area contributed by atoms with Crippen molar-refractivity contribution in [2.75, 3.05) is 0 Å². The standard InChI is InChI=1S/C15H13FO2S/c1-10-3-2-4-12(7-10)19-9-11-5-6-14(16)13(8-11)15(17)18/h2-8H,9H2,1H3,(H,17,18). The summed E-state index contributed by atoms with van der Waals surface area (Å²) in [6, 6.07) is 12.3. The van der Waals surface area contributed by atoms with Crippen molar-refractivity contribution >= 4 is 17.7 Å². The minimum absolute atomic E-state index is 0.276. The first-order chi connectivity index (χ1) is 9.06. The van der Waals surface area contributed by atoms with E-state index in [0.29, 0.717) is 5.75 Å². The van der Waals surface area contributed by atoms with Crippen LogP contribution in [0.2, 0.25) is 0 Å². The van der Waals surface area contributed by atoms with Gasteiger partial charge in [-0.3, -0.25) is 0 Å². The van der Waals surface area contributed by atoms with Crippen LogP contribution >= 0.6 is 11.8 Å². The molecule has 0 aliphatic rings. The van der Waals surface area contributed by atoms with Gasteiger partial charge in [0.05, 0.1) is 5.56 Å². The smallest absolute Gasteiger partial charge is 0.338 e. The zero-order valence-corrected chi connectivity index (χ0v) is 11.2. The van der Waals surface area contributed by atoms with Crippen LogP contribution in [0, 0.1) is 12.7 Å². The molecule has 0 heterocycles. The van der Waals surface area contributed by atoms with Gasteiger partial charge in [0, 0.05) is 10.6 Å². The van der Waals surface area contributed by atoms with Gasteiger partial charge in [-0.25, -0.2) is 9.18 Å². The fraction of sp³-hybridized carbons (Fsp3) is 0.133. The van der Waals surface area contributed by atoms with Crippen LogP contribution in [0.25, 0.3) is 0 Å². The first kappa shape index (κ1) is 13.6. The fourth-order valence-corrected chi connectivity index (χ4v) is 2.65. The third-order valence-electron chi connectivity index (χ3n) is 2.66. The number of carboxylic acid groups (broad SMARTS) is 1. The lowest BCUT2D eigenvalue weighted by atomic mass is 10.1. The molecule has 0 bridgehead atoms. The van der Waals surface area contributed by atoms with E-state index in [1.165, 1.54) is 17.7 Å². The molecule has 0 aliphatic carbocycles. The third-order valence-corrected chi connectivity index (χ3v) is 3.72. The number of benzene rings is 2. The minimum Gasteiger partial charge on any atom is -0.478 e. The van der Waals surface area contributed by atoms with E-state index in [9.17, 15) is 9.18 Å². The Bertz CT molecular complexity index is 611. The van der Waals surface area contributed by atoms with Crippen LogP contribution in [-0.4, -0.2) is 11.1 Å². The summed E-state index contributed by atoms with van der Waals surface area (Å²) in [5.74, 6) is -1.32. The van der Waals surface area contributed by atoms with Crippen molar-refractivity contribution in [2.45, 2.75) is 17.6 Å². The summed E-state index contributed by atoms with van der Waals surface area (Å²) in [6.07, 6.45) is 0. The fourth-order valence-electron chi connectivity index (χ4n) is 1.70. The second kappa shape index (κ2) is 5.89. The number of hydrogen-bond acceptors (Lipinski definition) is 2. The summed E-state index contributed by atoms with van der Waals surface area (Å²) in [7, 11) is 0. The van der Waals surface area contributed by atoms with E-state index in [4.69, 9.17) is 5.11 Å². The molecule has 19 heavy (non-hydrogen) atoms. The van der Waals surface area contributed by atoms with Gasteiger partial charge in [0.25, 0.3) is 0 Å². The second-order valence-electron chi connectivity index (χ2n) is 4.22. The van der Waals surface area contributed by atoms with Gasteiger partial charge in [-0.05, 0) is 36.8 Å². The lowest BCUT2D eigenvalue weighted by Gasteiger charge is -2.05. The Morgan fingerprint density at radius 1 is 1.26 bits per heavy atom. The highest BCUT2D eigenvalue weighted by Crippen LogP contribution is 2.24. The molecule has 0 unspecified atom stereocenters. The van der Waals surface area contributed by atoms with Gasteiger partial charge < -0.3 is 5.11 Å². The Kier molecular flexibility index (Phi) is 4.22. The molecule has 2 aromatic carbocycles. The molecule has 1 N–H and O–H groups in total. The van der Waals surface area contributed by atoms with E-state index in [-0.39, 0.29) is 5.56 Å². The normalized spacial score (nSPS) is 10.4. The van der Waals surface area contributed by atoms with Crippen LogP contribution < -0.4 is 0 Å². The SMILES string of the molecule is Cc1cccc(SCc2ccc(F)c(C(=O)O)c2)c1. The van der Waals surface area contributed by atoms with Gasteiger partial charge in [-0.1, -0.05) is 23.8 Å². The Labute approximate surface area is 115 Å². The molecule has 2 rings (SSSR count). The summed E-state index contributed by atoms with van der Waals surface area (Å²) in [5, 5.41) is 8.86. The summed E-state index contributed by atoms with van der Waals surface area (Å²) >= 11 is 1.60. The maximum atomic E-state index is 13.2. The number of rotatable bonds is 4. The summed E-state index contributed by atoms with van der Waals surface area (Å²) < 4.78 is 13.2. The average Bonchev–Trinajstić information content (AvgIpc) is 2.37. The highest BCUT2D eigenvalue weighted by atomic mass is 32.2. The summed E-state index contributed by atoms with van der Waals surface area (Å²) in [5.41, 5.74) is 1.70. The molecular formula is C15H13FO2S. The molecule has 4 heteroatoms. The number of hydrogen-bond donors (Lipinski definition) is 1. The molecular weight excluding hydrogens is 263 g/mol. The average molecular weight is 276 g/mol. The molecule has 98 valence electrons. The zero-order valence-electron chi connectivity index (χ0n) is 10.4. The van der Waals surface area contributed by atoms with Crippen LogP contribution in [0.5, 0.6) is 0 Å². The van der Waals surface area contributed by atoms with E-state index in [0.717, 1.165) is 10.5 Å². The van der Waals surface area contributed by atoms with Crippen LogP contribution in [-0.2, 0) is 5.75 Å². The molecule has 0 radical (unpaired) electrons. The van der Waals surface area contributed by atoms with Gasteiger partial charge in [-0.15, -0.1) is 11.8 Å². The zero-order chi connectivity index (χ0) is 13.8. The number of aryl methyl sites for hydroxylation is 1. The molecule has 0 spiro atoms. The van der Waals surface area contributed by atoms with Crippen molar-refractivity contribution in [3.8, 4) is 0 Å². The van der Waals surface area contributed by atoms with Crippen molar-refractivity contribution < 1.29 is 14.3 Å². The molecule has 2 nitrogen and oxygen atoms in total. The molecule has 0 atom stereocenters. The molecule has 0 amide bonds. The highest BCUT2D eigenvalue weighted by molar-refractivity contribution is 7.98. The van der Waals surface area contributed by atoms with Crippen LogP contribution in [0.15, 0.2) is 47.4 Å². The topological polar surface area (TPSA) is 37.3 Å². The first-order valence-corrected chi connectivity index (χ1v) is 6.76. The van der Waals surface area contributed by atoms with Crippen molar-refractivity contribution in [1.82, 2.24) is 0 Å². The van der Waals surface area contributed by atoms with Crippen molar-refractivity contribution in [1.29, 1.82) is 0 Å². The maximum absolute atomic E-state index is 13.2. The third kappa shape index (κ3) is 3.58. The Balaban J connectivity index is 2.12. The number of thioether (sulfide) groups is 1. The molecule has 0 aliphatic heterocycles. The van der Waals surface area contributed by atoms with Gasteiger partial charge in [0.15, 0.2) is 0 Å². The van der Waals surface area contributed by atoms with E-state index in [2.05, 4.69) is 6.07 Å². The van der Waals surface area contributed by atoms with Crippen molar-refractivity contribution in [3.63, 3.8) is 0 Å². The van der Waals surface area contributed by atoms with Crippen molar-refractivity contribution in [2.24, 2.45) is 0 Å². The lowest BCUT2D eigenvalue weighted by molar-refractivity contribution is 0.0692. The van der Waals surface area contributed by atoms with Crippen LogP contribution in [0.1, 0.15) is 21.5 Å². The first-order valence-electron chi connectivity index (χ1n) is 5.77. The maximum Gasteiger partial charge on any atom is 0.338 e. The van der Waals surface area contributed by atoms with Crippen LogP contribution in [0.4, 0.5) is 4.39 Å². The largest absolute Gasteiger partial charge is 0.478 e. The monoisotopic (exact) mass is 276 g/mol. The van der Waals surface area contributed by atoms with E-state index in [1.54, 1.807) is 17.8 Å². The number of carbonyl (C=O) groups is 1. The second-order valence-corrected chi connectivity index (χ2v) is 5.27. The predicted octanol–water partition coefficient (Wildman–Crippen LogP) is 4.12. The van der Waals surface area contributed by atoms with Crippen LogP contribution in [0.3, 0.4) is 0 Å². The minimum atomic E-state index is -1.24. The number of aromatic carboxylic acids is 1. The van der Waals surface area contributed by atoms with E-state index >= 15 is 0 Å². The highest BCUT2D eigenvalue weighted by Gasteiger charge is 2.10. The quantitative estimate of drug-likeness (QED) is 0.853. The number of carboxylic acids is 1. The Morgan fingerprint density at radius 3 is 2.74 bits per heavy atom. The molecule has 0 aromatic heterocycles. The molecule has 0 fully saturated rings. The Morgan fingerprint density at radius 2 is 2.05 bits per heavy atom. The molecule has 0 saturated heterocycles. The van der Waals surface area contributed by atoms with E-state index in [1.807, 2.05) is 25.1 Å². The van der Waals surface area contributed by atoms with Gasteiger partial charge in [0.2, 0.25) is 0 Å². The van der Waals surface area contributed by atoms with E-state index < -0.39 is 11.8 Å². The predicted molar refractivity (Wildman–Crippen MR) is 74.1 cm³/mol. The van der Waals surface area contributed by atoms with Crippen molar-refractivity contribution in [3.05, 3.63) is 65.0 Å². The van der Waals surface area contributed by atoms with Gasteiger partial charge >= 0.3 is 5.97 Å².